The van der Waals surface area contributed by atoms with Crippen molar-refractivity contribution in [1.29, 1.82) is 0 Å². The molecule has 0 bridgehead atoms. The molecule has 2 heterocycles. The summed E-state index contributed by atoms with van der Waals surface area (Å²) < 4.78 is 2.64. The number of nitrogens with zero attached hydrogens (tertiary/aromatic N) is 2. The van der Waals surface area contributed by atoms with Gasteiger partial charge in [-0.1, -0.05) is 170 Å². The molecule has 1 aliphatic rings. The third-order valence-corrected chi connectivity index (χ3v) is 13.0. The van der Waals surface area contributed by atoms with Crippen LogP contribution in [0.5, 0.6) is 0 Å². The van der Waals surface area contributed by atoms with Crippen molar-refractivity contribution in [2.24, 2.45) is 0 Å². The molecule has 0 amide bonds. The summed E-state index contributed by atoms with van der Waals surface area (Å²) in [5.74, 6) is 0.713. The van der Waals surface area contributed by atoms with E-state index < -0.39 is 0 Å². The van der Waals surface area contributed by atoms with Crippen molar-refractivity contribution in [3.8, 4) is 67.3 Å². The van der Waals surface area contributed by atoms with Crippen molar-refractivity contribution >= 4 is 31.5 Å². The Bertz CT molecular complexity index is 3110. The zero-order chi connectivity index (χ0) is 37.9. The van der Waals surface area contributed by atoms with E-state index in [4.69, 9.17) is 9.97 Å². The first-order valence-corrected chi connectivity index (χ1v) is 20.3. The van der Waals surface area contributed by atoms with Crippen LogP contribution in [-0.4, -0.2) is 9.97 Å². The minimum Gasteiger partial charge on any atom is -0.228 e. The van der Waals surface area contributed by atoms with Crippen LogP contribution in [0.15, 0.2) is 200 Å². The third kappa shape index (κ3) is 5.62. The molecule has 2 nitrogen and oxygen atoms in total. The molecule has 2 aromatic heterocycles. The molecule has 1 unspecified atom stereocenters. The van der Waals surface area contributed by atoms with E-state index in [1.165, 1.54) is 70.2 Å². The Morgan fingerprint density at radius 1 is 0.368 bits per heavy atom. The van der Waals surface area contributed by atoms with E-state index in [1.807, 2.05) is 29.5 Å². The van der Waals surface area contributed by atoms with E-state index in [-0.39, 0.29) is 5.41 Å². The first-order chi connectivity index (χ1) is 28.1. The smallest absolute Gasteiger partial charge is 0.160 e. The number of thiophene rings is 1. The summed E-state index contributed by atoms with van der Waals surface area (Å²) >= 11 is 1.85. The van der Waals surface area contributed by atoms with Crippen molar-refractivity contribution in [1.82, 2.24) is 9.97 Å². The summed E-state index contributed by atoms with van der Waals surface area (Å²) in [7, 11) is 0. The van der Waals surface area contributed by atoms with Gasteiger partial charge in [-0.3, -0.25) is 0 Å². The van der Waals surface area contributed by atoms with E-state index in [0.717, 1.165) is 28.1 Å². The molecule has 268 valence electrons. The van der Waals surface area contributed by atoms with Gasteiger partial charge in [0.1, 0.15) is 0 Å². The van der Waals surface area contributed by atoms with Crippen molar-refractivity contribution in [2.75, 3.05) is 0 Å². The molecule has 0 radical (unpaired) electrons. The molecule has 0 saturated carbocycles. The molecule has 0 saturated heterocycles. The van der Waals surface area contributed by atoms with Crippen LogP contribution in [0.4, 0.5) is 0 Å². The summed E-state index contributed by atoms with van der Waals surface area (Å²) in [6.45, 7) is 2.36. The lowest BCUT2D eigenvalue weighted by molar-refractivity contribution is 0.714. The molecule has 57 heavy (non-hydrogen) atoms. The van der Waals surface area contributed by atoms with Crippen LogP contribution in [0, 0.1) is 0 Å². The lowest BCUT2D eigenvalue weighted by atomic mass is 9.74. The molecular weight excluding hydrogens is 709 g/mol. The average Bonchev–Trinajstić information content (AvgIpc) is 3.79. The van der Waals surface area contributed by atoms with Gasteiger partial charge in [-0.05, 0) is 87.3 Å². The van der Waals surface area contributed by atoms with Crippen molar-refractivity contribution in [3.63, 3.8) is 0 Å². The second kappa shape index (κ2) is 13.4. The van der Waals surface area contributed by atoms with E-state index >= 15 is 0 Å². The van der Waals surface area contributed by atoms with Crippen LogP contribution >= 0.6 is 11.3 Å². The quantitative estimate of drug-likeness (QED) is 0.169. The highest BCUT2D eigenvalue weighted by molar-refractivity contribution is 7.25. The maximum absolute atomic E-state index is 5.12. The lowest BCUT2D eigenvalue weighted by Gasteiger charge is -2.28. The third-order valence-electron chi connectivity index (χ3n) is 11.8. The maximum atomic E-state index is 5.12. The highest BCUT2D eigenvalue weighted by Gasteiger charge is 2.40. The Kier molecular flexibility index (Phi) is 7.84. The van der Waals surface area contributed by atoms with Crippen molar-refractivity contribution < 1.29 is 0 Å². The van der Waals surface area contributed by atoms with Gasteiger partial charge in [-0.15, -0.1) is 11.3 Å². The second-order valence-electron chi connectivity index (χ2n) is 15.1. The Labute approximate surface area is 336 Å². The van der Waals surface area contributed by atoms with E-state index in [9.17, 15) is 0 Å². The Morgan fingerprint density at radius 3 is 1.61 bits per heavy atom. The second-order valence-corrected chi connectivity index (χ2v) is 16.2. The first kappa shape index (κ1) is 33.4. The van der Waals surface area contributed by atoms with Crippen LogP contribution in [0.25, 0.3) is 87.5 Å². The molecule has 0 aliphatic heterocycles. The fourth-order valence-corrected chi connectivity index (χ4v) is 9.88. The number of hydrogen-bond acceptors (Lipinski definition) is 3. The maximum Gasteiger partial charge on any atom is 0.160 e. The van der Waals surface area contributed by atoms with Gasteiger partial charge in [0.15, 0.2) is 5.82 Å². The summed E-state index contributed by atoms with van der Waals surface area (Å²) in [6, 6.07) is 72.2. The summed E-state index contributed by atoms with van der Waals surface area (Å²) in [4.78, 5) is 10.2. The number of rotatable bonds is 6. The van der Waals surface area contributed by atoms with Gasteiger partial charge in [0.25, 0.3) is 0 Å². The predicted octanol–water partition coefficient (Wildman–Crippen LogP) is 14.5. The lowest BCUT2D eigenvalue weighted by Crippen LogP contribution is -2.22. The van der Waals surface area contributed by atoms with Crippen LogP contribution in [-0.2, 0) is 5.41 Å². The highest BCUT2D eigenvalue weighted by atomic mass is 32.1. The molecule has 11 rings (SSSR count). The summed E-state index contributed by atoms with van der Waals surface area (Å²) in [5, 5.41) is 2.62. The Balaban J connectivity index is 0.941. The highest BCUT2D eigenvalue weighted by Crippen LogP contribution is 2.53. The van der Waals surface area contributed by atoms with E-state index in [0.29, 0.717) is 5.82 Å². The average molecular weight is 745 g/mol. The SMILES string of the molecule is CC1(c2ccccc2)c2ccccc2-c2cc(-c3ccc(-c4cc(-c5ccc(-c6ccc7sc8ccccc8c7c6)cc5)nc(-c5ccccc5)n4)cc3)ccc21. The van der Waals surface area contributed by atoms with Crippen molar-refractivity contribution in [3.05, 3.63) is 217 Å². The Hall–Kier alpha value is -6.94. The Morgan fingerprint density at radius 2 is 0.895 bits per heavy atom. The van der Waals surface area contributed by atoms with Gasteiger partial charge < -0.3 is 0 Å². The molecule has 3 heteroatoms. The molecule has 0 spiro atoms. The van der Waals surface area contributed by atoms with Crippen LogP contribution < -0.4 is 0 Å². The molecule has 10 aromatic rings. The van der Waals surface area contributed by atoms with Gasteiger partial charge in [0.05, 0.1) is 11.4 Å². The van der Waals surface area contributed by atoms with Crippen LogP contribution in [0.2, 0.25) is 0 Å². The summed E-state index contributed by atoms with van der Waals surface area (Å²) in [5.41, 5.74) is 16.1. The number of aromatic nitrogens is 2. The molecule has 1 atom stereocenters. The summed E-state index contributed by atoms with van der Waals surface area (Å²) in [6.07, 6.45) is 0. The molecule has 0 fully saturated rings. The van der Waals surface area contributed by atoms with E-state index in [1.54, 1.807) is 0 Å². The zero-order valence-corrected chi connectivity index (χ0v) is 32.2. The van der Waals surface area contributed by atoms with E-state index in [2.05, 4.69) is 189 Å². The number of fused-ring (bicyclic) bond motifs is 6. The number of hydrogen-bond donors (Lipinski definition) is 0. The largest absolute Gasteiger partial charge is 0.228 e. The molecule has 8 aromatic carbocycles. The van der Waals surface area contributed by atoms with Gasteiger partial charge in [-0.25, -0.2) is 9.97 Å². The fraction of sp³-hybridized carbons (Fsp3) is 0.0370. The first-order valence-electron chi connectivity index (χ1n) is 19.5. The monoisotopic (exact) mass is 744 g/mol. The van der Waals surface area contributed by atoms with Gasteiger partial charge in [0.2, 0.25) is 0 Å². The predicted molar refractivity (Wildman–Crippen MR) is 240 cm³/mol. The zero-order valence-electron chi connectivity index (χ0n) is 31.4. The van der Waals surface area contributed by atoms with Gasteiger partial charge in [0, 0.05) is 42.3 Å². The van der Waals surface area contributed by atoms with Gasteiger partial charge in [-0.2, -0.15) is 0 Å². The van der Waals surface area contributed by atoms with Gasteiger partial charge >= 0.3 is 0 Å². The molecule has 0 N–H and O–H groups in total. The standard InChI is InChI=1S/C54H36N2S/c1-54(42-14-6-3-7-15-42)47-18-10-8-16-43(47)45-32-40(28-30-48(45)54)35-20-24-37(25-21-35)49-34-50(56-53(55-49)39-12-4-2-5-13-39)38-26-22-36(23-27-38)41-29-31-52-46(33-41)44-17-9-11-19-51(44)57-52/h2-34H,1H3. The minimum atomic E-state index is -0.204. The van der Waals surface area contributed by atoms with Crippen LogP contribution in [0.1, 0.15) is 23.6 Å². The molecule has 1 aliphatic carbocycles. The van der Waals surface area contributed by atoms with Crippen molar-refractivity contribution in [2.45, 2.75) is 12.3 Å². The topological polar surface area (TPSA) is 25.8 Å². The minimum absolute atomic E-state index is 0.204. The molecular formula is C54H36N2S. The number of benzene rings is 8. The van der Waals surface area contributed by atoms with Crippen LogP contribution in [0.3, 0.4) is 0 Å². The fourth-order valence-electron chi connectivity index (χ4n) is 8.80. The normalized spacial score (nSPS) is 14.5.